The summed E-state index contributed by atoms with van der Waals surface area (Å²) in [6.45, 7) is 9.29. The van der Waals surface area contributed by atoms with E-state index in [0.717, 1.165) is 19.3 Å². The SMILES string of the molecule is CCc1ccc(C2(c3ccc(CC)cc3)C=Cc3c4c(c5ccccc5c3C2)-c2ccccc2C4(C)C)cc1. The van der Waals surface area contributed by atoms with Gasteiger partial charge in [0.25, 0.3) is 0 Å². The van der Waals surface area contributed by atoms with Gasteiger partial charge in [-0.25, -0.2) is 0 Å². The van der Waals surface area contributed by atoms with E-state index < -0.39 is 0 Å². The normalized spacial score (nSPS) is 16.1. The van der Waals surface area contributed by atoms with Gasteiger partial charge in [0.05, 0.1) is 0 Å². The third kappa shape index (κ3) is 3.44. The van der Waals surface area contributed by atoms with Crippen LogP contribution in [0, 0.1) is 0 Å². The number of hydrogen-bond acceptors (Lipinski definition) is 0. The van der Waals surface area contributed by atoms with E-state index in [0.29, 0.717) is 0 Å². The lowest BCUT2D eigenvalue weighted by atomic mass is 9.64. The molecule has 0 aliphatic heterocycles. The zero-order valence-electron chi connectivity index (χ0n) is 23.5. The fraction of sp³-hybridized carbons (Fsp3) is 0.231. The molecule has 2 aliphatic carbocycles. The van der Waals surface area contributed by atoms with E-state index in [1.807, 2.05) is 0 Å². The third-order valence-corrected chi connectivity index (χ3v) is 9.61. The van der Waals surface area contributed by atoms with Gasteiger partial charge in [-0.15, -0.1) is 0 Å². The van der Waals surface area contributed by atoms with Crippen molar-refractivity contribution in [1.29, 1.82) is 0 Å². The highest BCUT2D eigenvalue weighted by Gasteiger charge is 2.42. The van der Waals surface area contributed by atoms with Crippen LogP contribution < -0.4 is 0 Å². The minimum atomic E-state index is -0.210. The Morgan fingerprint density at radius 2 is 1.21 bits per heavy atom. The molecule has 0 N–H and O–H groups in total. The standard InChI is InChI=1S/C39H36/c1-5-26-15-19-28(20-16-26)39(29-21-17-27(6-2)18-22-29)24-23-32-34(25-39)30-11-7-8-12-31(30)36-33-13-9-10-14-35(33)38(3,4)37(32)36/h7-24H,5-6,25H2,1-4H3. The fourth-order valence-corrected chi connectivity index (χ4v) is 7.42. The van der Waals surface area contributed by atoms with Crippen molar-refractivity contribution in [1.82, 2.24) is 0 Å². The molecule has 39 heavy (non-hydrogen) atoms. The van der Waals surface area contributed by atoms with E-state index in [1.54, 1.807) is 0 Å². The summed E-state index contributed by atoms with van der Waals surface area (Å²) in [5.74, 6) is 0. The predicted molar refractivity (Wildman–Crippen MR) is 167 cm³/mol. The zero-order valence-corrected chi connectivity index (χ0v) is 23.5. The zero-order chi connectivity index (χ0) is 26.8. The van der Waals surface area contributed by atoms with Gasteiger partial charge in [-0.2, -0.15) is 0 Å². The topological polar surface area (TPSA) is 0 Å². The lowest BCUT2D eigenvalue weighted by molar-refractivity contribution is 0.624. The number of allylic oxidation sites excluding steroid dienone is 1. The summed E-state index contributed by atoms with van der Waals surface area (Å²) >= 11 is 0. The van der Waals surface area contributed by atoms with Crippen LogP contribution >= 0.6 is 0 Å². The summed E-state index contributed by atoms with van der Waals surface area (Å²) in [5.41, 5.74) is 13.9. The minimum absolute atomic E-state index is 0.0457. The van der Waals surface area contributed by atoms with Crippen LogP contribution in [0.15, 0.2) is 103 Å². The highest BCUT2D eigenvalue weighted by molar-refractivity contribution is 6.07. The van der Waals surface area contributed by atoms with Crippen molar-refractivity contribution in [3.8, 4) is 11.1 Å². The smallest absolute Gasteiger partial charge is 0.0425 e. The molecule has 0 radical (unpaired) electrons. The van der Waals surface area contributed by atoms with Crippen LogP contribution in [0.3, 0.4) is 0 Å². The van der Waals surface area contributed by atoms with Crippen LogP contribution in [0.4, 0.5) is 0 Å². The molecule has 0 unspecified atom stereocenters. The molecule has 5 aromatic carbocycles. The van der Waals surface area contributed by atoms with E-state index in [1.165, 1.54) is 66.4 Å². The van der Waals surface area contributed by atoms with Crippen LogP contribution in [-0.2, 0) is 30.1 Å². The van der Waals surface area contributed by atoms with Gasteiger partial charge in [-0.05, 0) is 85.7 Å². The molecule has 0 bridgehead atoms. The van der Waals surface area contributed by atoms with Gasteiger partial charge in [0, 0.05) is 10.8 Å². The Balaban J connectivity index is 1.52. The van der Waals surface area contributed by atoms with Gasteiger partial charge < -0.3 is 0 Å². The molecule has 0 nitrogen and oxygen atoms in total. The molecule has 7 rings (SSSR count). The maximum absolute atomic E-state index is 2.52. The minimum Gasteiger partial charge on any atom is -0.0687 e. The van der Waals surface area contributed by atoms with Gasteiger partial charge in [-0.1, -0.05) is 137 Å². The molecular formula is C39H36. The first kappa shape index (κ1) is 24.2. The van der Waals surface area contributed by atoms with Crippen LogP contribution in [0.2, 0.25) is 0 Å². The Bertz CT molecular complexity index is 1700. The van der Waals surface area contributed by atoms with E-state index in [4.69, 9.17) is 0 Å². The molecule has 0 atom stereocenters. The van der Waals surface area contributed by atoms with Gasteiger partial charge >= 0.3 is 0 Å². The van der Waals surface area contributed by atoms with E-state index in [-0.39, 0.29) is 10.8 Å². The van der Waals surface area contributed by atoms with Gasteiger partial charge in [-0.3, -0.25) is 0 Å². The number of hydrogen-bond donors (Lipinski definition) is 0. The van der Waals surface area contributed by atoms with Crippen molar-refractivity contribution >= 4 is 16.8 Å². The molecule has 2 aliphatic rings. The monoisotopic (exact) mass is 504 g/mol. The van der Waals surface area contributed by atoms with E-state index in [9.17, 15) is 0 Å². The molecule has 192 valence electrons. The quantitative estimate of drug-likeness (QED) is 0.228. The summed E-state index contributed by atoms with van der Waals surface area (Å²) in [5, 5.41) is 2.78. The van der Waals surface area contributed by atoms with Crippen LogP contribution in [0.1, 0.15) is 72.2 Å². The van der Waals surface area contributed by atoms with Crippen LogP contribution in [0.25, 0.3) is 28.0 Å². The van der Waals surface area contributed by atoms with Crippen molar-refractivity contribution in [2.45, 2.75) is 57.8 Å². The molecule has 0 heteroatoms. The van der Waals surface area contributed by atoms with Crippen molar-refractivity contribution in [2.24, 2.45) is 0 Å². The third-order valence-electron chi connectivity index (χ3n) is 9.61. The number of benzene rings is 5. The summed E-state index contributed by atoms with van der Waals surface area (Å²) in [4.78, 5) is 0. The van der Waals surface area contributed by atoms with E-state index >= 15 is 0 Å². The average Bonchev–Trinajstić information content (AvgIpc) is 3.24. The summed E-state index contributed by atoms with van der Waals surface area (Å²) < 4.78 is 0. The summed E-state index contributed by atoms with van der Waals surface area (Å²) in [7, 11) is 0. The summed E-state index contributed by atoms with van der Waals surface area (Å²) in [6.07, 6.45) is 8.06. The Labute approximate surface area is 233 Å². The largest absolute Gasteiger partial charge is 0.0687 e. The molecule has 0 spiro atoms. The van der Waals surface area contributed by atoms with Crippen molar-refractivity contribution in [2.75, 3.05) is 0 Å². The summed E-state index contributed by atoms with van der Waals surface area (Å²) in [6, 6.07) is 36.9. The Morgan fingerprint density at radius 1 is 0.641 bits per heavy atom. The Morgan fingerprint density at radius 3 is 1.82 bits per heavy atom. The first-order valence-corrected chi connectivity index (χ1v) is 14.5. The second-order valence-electron chi connectivity index (χ2n) is 11.9. The molecule has 0 fully saturated rings. The molecule has 0 amide bonds. The number of rotatable bonds is 4. The maximum Gasteiger partial charge on any atom is 0.0425 e. The number of aryl methyl sites for hydroxylation is 2. The molecule has 0 aromatic heterocycles. The molecule has 0 heterocycles. The average molecular weight is 505 g/mol. The lowest BCUT2D eigenvalue weighted by Crippen LogP contribution is -2.31. The van der Waals surface area contributed by atoms with Gasteiger partial charge in [0.2, 0.25) is 0 Å². The molecular weight excluding hydrogens is 468 g/mol. The van der Waals surface area contributed by atoms with Gasteiger partial charge in [0.1, 0.15) is 0 Å². The molecule has 5 aromatic rings. The lowest BCUT2D eigenvalue weighted by Gasteiger charge is -2.38. The maximum atomic E-state index is 2.52. The van der Waals surface area contributed by atoms with Crippen molar-refractivity contribution in [3.63, 3.8) is 0 Å². The molecule has 0 saturated heterocycles. The fourth-order valence-electron chi connectivity index (χ4n) is 7.42. The van der Waals surface area contributed by atoms with Gasteiger partial charge in [0.15, 0.2) is 0 Å². The first-order valence-electron chi connectivity index (χ1n) is 14.5. The first-order chi connectivity index (χ1) is 19.0. The second kappa shape index (κ2) is 8.82. The Hall–Kier alpha value is -3.90. The van der Waals surface area contributed by atoms with Crippen molar-refractivity contribution < 1.29 is 0 Å². The van der Waals surface area contributed by atoms with E-state index in [2.05, 4.69) is 137 Å². The second-order valence-corrected chi connectivity index (χ2v) is 11.9. The van der Waals surface area contributed by atoms with Crippen molar-refractivity contribution in [3.05, 3.63) is 148 Å². The highest BCUT2D eigenvalue weighted by atomic mass is 14.5. The van der Waals surface area contributed by atoms with Crippen LogP contribution in [-0.4, -0.2) is 0 Å². The predicted octanol–water partition coefficient (Wildman–Crippen LogP) is 9.83. The highest BCUT2D eigenvalue weighted by Crippen LogP contribution is 2.56. The molecule has 0 saturated carbocycles. The number of fused-ring (bicyclic) bond motifs is 8. The Kier molecular flexibility index (Phi) is 5.46. The van der Waals surface area contributed by atoms with Crippen LogP contribution in [0.5, 0.6) is 0 Å².